The minimum atomic E-state index is 1.08. The number of nitrogens with zero attached hydrogens (tertiary/aromatic N) is 5. The lowest BCUT2D eigenvalue weighted by atomic mass is 9.91. The standard InChI is InChI=1S/C50H30N2S.C34H20N2S.C28H16N4S/c1-2-14-34(15-3-1)52-46-20-9-8-19-38(46)41-28-42-39-22-24-45-49(50(39)53-48(42)29-47(41)52)43-26-31(21-23-44(43)51-45)30-12-10-13-32(25-30)40-27-33-11-4-5-16-35(33)36-17-6-7-18-37(36)40;1-2-10-22(11-3-1)36-30-17-21-9-5-4-8-20(21)16-25(30)26-18-27-23-14-15-29-33(24-12-6-7-13-28(24)35-29)34(23)37-32(27)19-31(26)36;1-2-4-16(5-3-1)32-24-9-11-29-14-21(24)19-12-20-17-6-7-22-27(18-8-10-30-15-23(18)31-22)28(17)33-26(20)13-25(19)32/h1-29,51H;1-19,35H;1-15,31H. The van der Waals surface area contributed by atoms with Gasteiger partial charge in [-0.25, -0.2) is 0 Å². The number of hydrogen-bond donors (Lipinski definition) is 3. The molecule has 3 N–H and O–H groups in total. The Balaban J connectivity index is 0.000000100. The summed E-state index contributed by atoms with van der Waals surface area (Å²) in [6, 6.07) is 131. The molecule has 0 radical (unpaired) electrons. The molecule has 18 aromatic carbocycles. The fraction of sp³-hybridized carbons (Fsp3) is 0. The monoisotopic (exact) mass is 1620 g/mol. The predicted molar refractivity (Wildman–Crippen MR) is 528 cm³/mol. The first-order chi connectivity index (χ1) is 61.0. The van der Waals surface area contributed by atoms with Crippen LogP contribution in [0, 0.1) is 0 Å². The largest absolute Gasteiger partial charge is 0.354 e. The van der Waals surface area contributed by atoms with Crippen molar-refractivity contribution in [1.29, 1.82) is 0 Å². The molecule has 0 fully saturated rings. The Morgan fingerprint density at radius 1 is 0.203 bits per heavy atom. The van der Waals surface area contributed by atoms with E-state index in [2.05, 4.69) is 397 Å². The Kier molecular flexibility index (Phi) is 14.7. The highest BCUT2D eigenvalue weighted by molar-refractivity contribution is 7.28. The van der Waals surface area contributed by atoms with Crippen molar-refractivity contribution in [2.75, 3.05) is 0 Å². The molecule has 123 heavy (non-hydrogen) atoms. The molecule has 8 nitrogen and oxygen atoms in total. The number of hydrogen-bond acceptors (Lipinski definition) is 5. The normalized spacial score (nSPS) is 12.2. The van der Waals surface area contributed by atoms with Crippen LogP contribution in [0.5, 0.6) is 0 Å². The summed E-state index contributed by atoms with van der Waals surface area (Å²) in [5.41, 5.74) is 22.8. The van der Waals surface area contributed by atoms with Gasteiger partial charge in [-0.2, -0.15) is 0 Å². The maximum atomic E-state index is 4.45. The topological polar surface area (TPSA) is 87.9 Å². The molecular weight excluding hydrogens is 1550 g/mol. The van der Waals surface area contributed by atoms with Crippen molar-refractivity contribution in [1.82, 2.24) is 38.6 Å². The highest BCUT2D eigenvalue weighted by Crippen LogP contribution is 2.50. The molecule has 0 spiro atoms. The molecule has 0 aliphatic rings. The van der Waals surface area contributed by atoms with Crippen molar-refractivity contribution in [2.24, 2.45) is 0 Å². The van der Waals surface area contributed by atoms with E-state index in [0.29, 0.717) is 0 Å². The zero-order chi connectivity index (χ0) is 80.2. The molecule has 0 atom stereocenters. The summed E-state index contributed by atoms with van der Waals surface area (Å²) in [6.45, 7) is 0. The minimum absolute atomic E-state index is 1.08. The lowest BCUT2D eigenvalue weighted by Crippen LogP contribution is -1.92. The lowest BCUT2D eigenvalue weighted by molar-refractivity contribution is 1.18. The quantitative estimate of drug-likeness (QED) is 0.150. The van der Waals surface area contributed by atoms with Crippen LogP contribution in [0.25, 0.3) is 263 Å². The van der Waals surface area contributed by atoms with E-state index in [1.165, 1.54) is 241 Å². The van der Waals surface area contributed by atoms with Crippen LogP contribution in [0.3, 0.4) is 0 Å². The number of para-hydroxylation sites is 5. The van der Waals surface area contributed by atoms with Gasteiger partial charge in [-0.3, -0.25) is 9.97 Å². The molecule has 0 unspecified atom stereocenters. The summed E-state index contributed by atoms with van der Waals surface area (Å²) in [5.74, 6) is 0. The third kappa shape index (κ3) is 10.3. The summed E-state index contributed by atoms with van der Waals surface area (Å²) < 4.78 is 15.1. The van der Waals surface area contributed by atoms with Crippen LogP contribution >= 0.6 is 34.0 Å². The second-order valence-electron chi connectivity index (χ2n) is 32.5. The summed E-state index contributed by atoms with van der Waals surface area (Å²) >= 11 is 5.69. The average Bonchev–Trinajstić information content (AvgIpc) is 1.56. The van der Waals surface area contributed by atoms with Crippen molar-refractivity contribution in [3.8, 4) is 39.3 Å². The first-order valence-corrected chi connectivity index (χ1v) is 44.1. The van der Waals surface area contributed by atoms with E-state index < -0.39 is 0 Å². The Labute approximate surface area is 712 Å². The first-order valence-electron chi connectivity index (χ1n) is 41.7. The van der Waals surface area contributed by atoms with Gasteiger partial charge in [-0.1, -0.05) is 206 Å². The molecular formula is C112H66N8S3. The highest BCUT2D eigenvalue weighted by atomic mass is 32.1. The summed E-state index contributed by atoms with van der Waals surface area (Å²) in [4.78, 5) is 19.6. The fourth-order valence-corrected chi connectivity index (χ4v) is 24.2. The van der Waals surface area contributed by atoms with Gasteiger partial charge < -0.3 is 28.7 Å². The Morgan fingerprint density at radius 2 is 0.626 bits per heavy atom. The fourth-order valence-electron chi connectivity index (χ4n) is 20.4. The Morgan fingerprint density at radius 3 is 1.25 bits per heavy atom. The Hall–Kier alpha value is -15.5. The van der Waals surface area contributed by atoms with Crippen molar-refractivity contribution in [2.45, 2.75) is 0 Å². The molecule has 0 bridgehead atoms. The van der Waals surface area contributed by atoms with E-state index >= 15 is 0 Å². The van der Waals surface area contributed by atoms with Gasteiger partial charge in [0.25, 0.3) is 0 Å². The van der Waals surface area contributed by atoms with Crippen LogP contribution in [-0.4, -0.2) is 38.6 Å². The third-order valence-electron chi connectivity index (χ3n) is 25.9. The van der Waals surface area contributed by atoms with E-state index in [9.17, 15) is 0 Å². The molecule has 11 heteroatoms. The summed E-state index contributed by atoms with van der Waals surface area (Å²) in [7, 11) is 0. The number of benzene rings is 18. The van der Waals surface area contributed by atoms with Crippen LogP contribution in [0.4, 0.5) is 0 Å². The molecule has 0 aliphatic carbocycles. The second kappa shape index (κ2) is 26.5. The number of aromatic nitrogens is 8. The summed E-state index contributed by atoms with van der Waals surface area (Å²) in [5, 5.41) is 30.9. The molecule has 0 saturated carbocycles. The Bertz CT molecular complexity index is 9540. The highest BCUT2D eigenvalue weighted by Gasteiger charge is 2.24. The van der Waals surface area contributed by atoms with Gasteiger partial charge in [0.1, 0.15) is 0 Å². The van der Waals surface area contributed by atoms with Gasteiger partial charge in [0.2, 0.25) is 0 Å². The molecule has 11 aromatic heterocycles. The van der Waals surface area contributed by atoms with Crippen LogP contribution < -0.4 is 0 Å². The van der Waals surface area contributed by atoms with Crippen LogP contribution in [-0.2, 0) is 0 Å². The van der Waals surface area contributed by atoms with Gasteiger partial charge in [0.05, 0.1) is 44.8 Å². The molecule has 0 amide bonds. The zero-order valence-corrected chi connectivity index (χ0v) is 68.3. The molecule has 572 valence electrons. The third-order valence-corrected chi connectivity index (χ3v) is 29.4. The predicted octanol–water partition coefficient (Wildman–Crippen LogP) is 31.9. The van der Waals surface area contributed by atoms with E-state index in [1.807, 2.05) is 58.8 Å². The second-order valence-corrected chi connectivity index (χ2v) is 35.7. The van der Waals surface area contributed by atoms with Crippen molar-refractivity contribution in [3.05, 3.63) is 383 Å². The van der Waals surface area contributed by atoms with E-state index in [-0.39, 0.29) is 0 Å². The molecule has 29 rings (SSSR count). The van der Waals surface area contributed by atoms with Gasteiger partial charge >= 0.3 is 0 Å². The van der Waals surface area contributed by atoms with Crippen LogP contribution in [0.1, 0.15) is 0 Å². The number of H-pyrrole nitrogens is 3. The maximum Gasteiger partial charge on any atom is 0.0651 e. The van der Waals surface area contributed by atoms with Crippen molar-refractivity contribution >= 4 is 258 Å². The molecule has 11 heterocycles. The number of nitrogens with one attached hydrogen (secondary N) is 3. The zero-order valence-electron chi connectivity index (χ0n) is 65.8. The van der Waals surface area contributed by atoms with Crippen LogP contribution in [0.2, 0.25) is 0 Å². The van der Waals surface area contributed by atoms with E-state index in [1.54, 1.807) is 0 Å². The maximum absolute atomic E-state index is 4.45. The van der Waals surface area contributed by atoms with Gasteiger partial charge in [0.15, 0.2) is 0 Å². The van der Waals surface area contributed by atoms with Crippen molar-refractivity contribution in [3.63, 3.8) is 0 Å². The number of aromatic amines is 3. The molecule has 29 aromatic rings. The number of pyridine rings is 2. The van der Waals surface area contributed by atoms with Crippen molar-refractivity contribution < 1.29 is 0 Å². The average molecular weight is 1620 g/mol. The van der Waals surface area contributed by atoms with E-state index in [0.717, 1.165) is 22.2 Å². The number of thiophene rings is 3. The van der Waals surface area contributed by atoms with Gasteiger partial charge in [0, 0.05) is 188 Å². The first kappa shape index (κ1) is 68.4. The van der Waals surface area contributed by atoms with Crippen LogP contribution in [0.15, 0.2) is 383 Å². The molecule has 0 aliphatic heterocycles. The number of fused-ring (bicyclic) bond motifs is 34. The van der Waals surface area contributed by atoms with E-state index in [4.69, 9.17) is 0 Å². The van der Waals surface area contributed by atoms with Gasteiger partial charge in [-0.05, 0) is 206 Å². The molecule has 0 saturated heterocycles. The number of rotatable bonds is 5. The summed E-state index contributed by atoms with van der Waals surface area (Å²) in [6.07, 6.45) is 7.64. The lowest BCUT2D eigenvalue weighted by Gasteiger charge is -2.12. The smallest absolute Gasteiger partial charge is 0.0651 e. The SMILES string of the molecule is c1ccc(-n2c3cc4ccccc4cc3c3cc4c(cc32)sc2c4ccc3[nH]c4ccccc4c32)cc1.c1ccc(-n2c3ccccc3c3cc4c(cc32)sc2c4ccc3[nH]c4ccc(-c5cccc(-c6cc7ccccc7c7ccccc67)c5)cc4c32)cc1.c1ccc(-n2c3ccncc3c3cc4c(cc32)sc2c4ccc3[nH]c4cnccc4c32)cc1. The minimum Gasteiger partial charge on any atom is -0.354 e. The van der Waals surface area contributed by atoms with Gasteiger partial charge in [-0.15, -0.1) is 34.0 Å².